The fraction of sp³-hybridized carbons (Fsp3) is 0.211. The van der Waals surface area contributed by atoms with Gasteiger partial charge >= 0.3 is 12.2 Å². The Hall–Kier alpha value is -3.56. The first-order valence-electron chi connectivity index (χ1n) is 8.46. The van der Waals surface area contributed by atoms with E-state index in [1.54, 1.807) is 60.8 Å². The minimum Gasteiger partial charge on any atom is -0.385 e. The van der Waals surface area contributed by atoms with Crippen LogP contribution in [0, 0.1) is 0 Å². The summed E-state index contributed by atoms with van der Waals surface area (Å²) in [5, 5.41) is 10.7. The van der Waals surface area contributed by atoms with E-state index in [0.717, 1.165) is 0 Å². The Balaban J connectivity index is 1.81. The van der Waals surface area contributed by atoms with Gasteiger partial charge in [-0.25, -0.2) is 4.79 Å². The number of anilines is 2. The van der Waals surface area contributed by atoms with Gasteiger partial charge in [-0.05, 0) is 36.8 Å². The highest BCUT2D eigenvalue weighted by molar-refractivity contribution is 6.01. The first-order chi connectivity index (χ1) is 13.7. The van der Waals surface area contributed by atoms with Gasteiger partial charge in [0.2, 0.25) is 0 Å². The normalized spacial score (nSPS) is 11.5. The summed E-state index contributed by atoms with van der Waals surface area (Å²) in [6.45, 7) is -0.449. The molecule has 0 heterocycles. The Bertz CT molecular complexity index is 853. The van der Waals surface area contributed by atoms with Crippen LogP contribution in [-0.2, 0) is 9.63 Å². The number of hydrogen-bond donors (Lipinski definition) is 3. The fourth-order valence-corrected chi connectivity index (χ4v) is 2.10. The Morgan fingerprint density at radius 1 is 0.966 bits per heavy atom. The third-order valence-electron chi connectivity index (χ3n) is 3.48. The lowest BCUT2D eigenvalue weighted by Crippen LogP contribution is -2.35. The Morgan fingerprint density at radius 2 is 1.55 bits per heavy atom. The summed E-state index contributed by atoms with van der Waals surface area (Å²) in [5.74, 6) is -0.928. The van der Waals surface area contributed by atoms with E-state index in [9.17, 15) is 22.8 Å². The lowest BCUT2D eigenvalue weighted by atomic mass is 10.1. The van der Waals surface area contributed by atoms with Crippen LogP contribution in [0.2, 0.25) is 0 Å². The predicted octanol–water partition coefficient (Wildman–Crippen LogP) is 3.75. The second-order valence-corrected chi connectivity index (χ2v) is 5.86. The maximum absolute atomic E-state index is 12.0. The SMILES string of the molecule is CC(=NOCC(=O)NCC(F)(F)F)c1ccc(NC(=O)Nc2ccccc2)cc1. The summed E-state index contributed by atoms with van der Waals surface area (Å²) in [7, 11) is 0. The van der Waals surface area contributed by atoms with Crippen molar-refractivity contribution in [3.05, 3.63) is 60.2 Å². The summed E-state index contributed by atoms with van der Waals surface area (Å²) in [5.41, 5.74) is 2.26. The molecule has 0 aliphatic heterocycles. The number of para-hydroxylation sites is 1. The number of alkyl halides is 3. The van der Waals surface area contributed by atoms with E-state index in [0.29, 0.717) is 22.6 Å². The van der Waals surface area contributed by atoms with Gasteiger partial charge in [-0.1, -0.05) is 35.5 Å². The summed E-state index contributed by atoms with van der Waals surface area (Å²) in [4.78, 5) is 27.9. The zero-order valence-corrected chi connectivity index (χ0v) is 15.4. The van der Waals surface area contributed by atoms with Crippen LogP contribution in [0.4, 0.5) is 29.3 Å². The molecule has 0 unspecified atom stereocenters. The highest BCUT2D eigenvalue weighted by Crippen LogP contribution is 2.13. The molecule has 2 aromatic carbocycles. The molecule has 7 nitrogen and oxygen atoms in total. The van der Waals surface area contributed by atoms with Crippen LogP contribution in [0.25, 0.3) is 0 Å². The van der Waals surface area contributed by atoms with E-state index >= 15 is 0 Å². The third kappa shape index (κ3) is 8.33. The largest absolute Gasteiger partial charge is 0.405 e. The Kier molecular flexibility index (Phi) is 7.58. The molecule has 0 radical (unpaired) electrons. The molecule has 10 heteroatoms. The van der Waals surface area contributed by atoms with Crippen molar-refractivity contribution in [2.45, 2.75) is 13.1 Å². The first kappa shape index (κ1) is 21.7. The summed E-state index contributed by atoms with van der Waals surface area (Å²) < 4.78 is 36.0. The Morgan fingerprint density at radius 3 is 2.14 bits per heavy atom. The molecule has 0 saturated heterocycles. The van der Waals surface area contributed by atoms with Gasteiger partial charge in [-0.2, -0.15) is 13.2 Å². The Labute approximate surface area is 164 Å². The van der Waals surface area contributed by atoms with E-state index in [1.807, 2.05) is 6.07 Å². The van der Waals surface area contributed by atoms with Crippen LogP contribution in [0.3, 0.4) is 0 Å². The second kappa shape index (κ2) is 10.1. The van der Waals surface area contributed by atoms with Gasteiger partial charge in [0.1, 0.15) is 6.54 Å². The molecular formula is C19H19F3N4O3. The van der Waals surface area contributed by atoms with Gasteiger partial charge in [-0.3, -0.25) is 4.79 Å². The van der Waals surface area contributed by atoms with E-state index in [4.69, 9.17) is 4.84 Å². The van der Waals surface area contributed by atoms with Gasteiger partial charge in [0.25, 0.3) is 5.91 Å². The van der Waals surface area contributed by atoms with Crippen LogP contribution in [-0.4, -0.2) is 37.0 Å². The highest BCUT2D eigenvalue weighted by atomic mass is 19.4. The summed E-state index contributed by atoms with van der Waals surface area (Å²) in [6, 6.07) is 15.2. The predicted molar refractivity (Wildman–Crippen MR) is 103 cm³/mol. The lowest BCUT2D eigenvalue weighted by molar-refractivity contribution is -0.141. The smallest absolute Gasteiger partial charge is 0.385 e. The van der Waals surface area contributed by atoms with Crippen LogP contribution in [0.5, 0.6) is 0 Å². The van der Waals surface area contributed by atoms with Gasteiger partial charge in [0.05, 0.1) is 5.71 Å². The van der Waals surface area contributed by atoms with Crippen molar-refractivity contribution < 1.29 is 27.6 Å². The molecule has 2 rings (SSSR count). The average molecular weight is 408 g/mol. The van der Waals surface area contributed by atoms with E-state index in [-0.39, 0.29) is 0 Å². The van der Waals surface area contributed by atoms with Crippen molar-refractivity contribution in [2.75, 3.05) is 23.8 Å². The highest BCUT2D eigenvalue weighted by Gasteiger charge is 2.27. The number of halogens is 3. The van der Waals surface area contributed by atoms with Gasteiger partial charge in [0.15, 0.2) is 6.61 Å². The molecule has 0 aliphatic rings. The number of oxime groups is 1. The zero-order chi connectivity index (χ0) is 21.3. The lowest BCUT2D eigenvalue weighted by Gasteiger charge is -2.09. The number of benzene rings is 2. The molecule has 154 valence electrons. The number of nitrogens with zero attached hydrogens (tertiary/aromatic N) is 1. The van der Waals surface area contributed by atoms with Crippen molar-refractivity contribution in [3.63, 3.8) is 0 Å². The van der Waals surface area contributed by atoms with Crippen molar-refractivity contribution in [1.29, 1.82) is 0 Å². The zero-order valence-electron chi connectivity index (χ0n) is 15.4. The molecule has 29 heavy (non-hydrogen) atoms. The van der Waals surface area contributed by atoms with E-state index in [2.05, 4.69) is 15.8 Å². The maximum atomic E-state index is 12.0. The molecule has 0 aromatic heterocycles. The fourth-order valence-electron chi connectivity index (χ4n) is 2.10. The van der Waals surface area contributed by atoms with Crippen molar-refractivity contribution in [1.82, 2.24) is 5.32 Å². The number of amides is 3. The summed E-state index contributed by atoms with van der Waals surface area (Å²) in [6.07, 6.45) is -4.48. The van der Waals surface area contributed by atoms with Gasteiger partial charge in [-0.15, -0.1) is 0 Å². The second-order valence-electron chi connectivity index (χ2n) is 5.86. The van der Waals surface area contributed by atoms with Crippen molar-refractivity contribution >= 4 is 29.0 Å². The maximum Gasteiger partial charge on any atom is 0.405 e. The van der Waals surface area contributed by atoms with Crippen LogP contribution >= 0.6 is 0 Å². The quantitative estimate of drug-likeness (QED) is 0.481. The van der Waals surface area contributed by atoms with Crippen LogP contribution in [0.15, 0.2) is 59.8 Å². The monoisotopic (exact) mass is 408 g/mol. The number of urea groups is 1. The van der Waals surface area contributed by atoms with Crippen molar-refractivity contribution in [3.8, 4) is 0 Å². The molecular weight excluding hydrogens is 389 g/mol. The number of rotatable bonds is 7. The van der Waals surface area contributed by atoms with E-state index in [1.165, 1.54) is 0 Å². The average Bonchev–Trinajstić information content (AvgIpc) is 2.67. The van der Waals surface area contributed by atoms with Crippen LogP contribution in [0.1, 0.15) is 12.5 Å². The minimum atomic E-state index is -4.48. The van der Waals surface area contributed by atoms with Crippen LogP contribution < -0.4 is 16.0 Å². The molecule has 0 bridgehead atoms. The summed E-state index contributed by atoms with van der Waals surface area (Å²) >= 11 is 0. The topological polar surface area (TPSA) is 91.8 Å². The molecule has 3 N–H and O–H groups in total. The van der Waals surface area contributed by atoms with Crippen molar-refractivity contribution in [2.24, 2.45) is 5.16 Å². The molecule has 2 aromatic rings. The molecule has 0 aliphatic carbocycles. The van der Waals surface area contributed by atoms with Gasteiger partial charge in [0, 0.05) is 11.4 Å². The van der Waals surface area contributed by atoms with E-state index < -0.39 is 31.3 Å². The number of nitrogens with one attached hydrogen (secondary N) is 3. The standard InChI is InChI=1S/C19H19F3N4O3/c1-13(26-29-11-17(27)23-12-19(20,21)22)14-7-9-16(10-8-14)25-18(28)24-15-5-3-2-4-6-15/h2-10H,11-12H2,1H3,(H,23,27)(H2,24,25,28). The molecule has 0 spiro atoms. The number of carbonyl (C=O) groups is 2. The molecule has 0 saturated carbocycles. The third-order valence-corrected chi connectivity index (χ3v) is 3.48. The number of hydrogen-bond acceptors (Lipinski definition) is 4. The number of carbonyl (C=O) groups excluding carboxylic acids is 2. The first-order valence-corrected chi connectivity index (χ1v) is 8.46. The minimum absolute atomic E-state index is 0.400. The molecule has 3 amide bonds. The van der Waals surface area contributed by atoms with Gasteiger partial charge < -0.3 is 20.8 Å². The molecule has 0 atom stereocenters. The molecule has 0 fully saturated rings.